The normalized spacial score (nSPS) is 18.1. The lowest BCUT2D eigenvalue weighted by molar-refractivity contribution is 0.249. The van der Waals surface area contributed by atoms with Gasteiger partial charge in [-0.2, -0.15) is 0 Å². The summed E-state index contributed by atoms with van der Waals surface area (Å²) in [5, 5.41) is 14.3. The first-order valence-electron chi connectivity index (χ1n) is 8.15. The van der Waals surface area contributed by atoms with Crippen molar-refractivity contribution < 1.29 is 9.90 Å². The first-order chi connectivity index (χ1) is 10.6. The smallest absolute Gasteiger partial charge is 0.319 e. The standard InChI is InChI=1S/C17H27N3O2/c1-13-12-15(20-10-4-3-6-14(20)2)7-8-16(13)19-17(22)18-9-5-11-21/h7-8,12,14,21H,3-6,9-11H2,1-2H3,(H2,18,19,22). The molecule has 1 saturated heterocycles. The van der Waals surface area contributed by atoms with Crippen LogP contribution in [-0.4, -0.2) is 36.9 Å². The average Bonchev–Trinajstić information content (AvgIpc) is 2.50. The van der Waals surface area contributed by atoms with Gasteiger partial charge in [0.2, 0.25) is 0 Å². The van der Waals surface area contributed by atoms with Gasteiger partial charge in [-0.05, 0) is 63.3 Å². The van der Waals surface area contributed by atoms with E-state index in [0.717, 1.165) is 17.8 Å². The molecule has 0 spiro atoms. The SMILES string of the molecule is Cc1cc(N2CCCCC2C)ccc1NC(=O)NCCCO. The van der Waals surface area contributed by atoms with Gasteiger partial charge in [0, 0.05) is 37.1 Å². The maximum absolute atomic E-state index is 11.8. The molecular formula is C17H27N3O2. The Balaban J connectivity index is 1.98. The number of amides is 2. The van der Waals surface area contributed by atoms with Gasteiger partial charge in [-0.3, -0.25) is 0 Å². The zero-order valence-corrected chi connectivity index (χ0v) is 13.6. The van der Waals surface area contributed by atoms with Gasteiger partial charge >= 0.3 is 6.03 Å². The van der Waals surface area contributed by atoms with Crippen LogP contribution in [0.4, 0.5) is 16.2 Å². The lowest BCUT2D eigenvalue weighted by atomic mass is 10.0. The zero-order valence-electron chi connectivity index (χ0n) is 13.6. The van der Waals surface area contributed by atoms with E-state index in [1.807, 2.05) is 13.0 Å². The molecule has 5 nitrogen and oxygen atoms in total. The summed E-state index contributed by atoms with van der Waals surface area (Å²) in [7, 11) is 0. The van der Waals surface area contributed by atoms with Crippen LogP contribution in [-0.2, 0) is 0 Å². The lowest BCUT2D eigenvalue weighted by Gasteiger charge is -2.35. The quantitative estimate of drug-likeness (QED) is 0.733. The molecule has 0 bridgehead atoms. The third-order valence-corrected chi connectivity index (χ3v) is 4.21. The molecule has 2 amide bonds. The number of carbonyl (C=O) groups excluding carboxylic acids is 1. The third kappa shape index (κ3) is 4.37. The number of benzene rings is 1. The molecule has 2 rings (SSSR count). The summed E-state index contributed by atoms with van der Waals surface area (Å²) < 4.78 is 0. The molecule has 1 atom stereocenters. The highest BCUT2D eigenvalue weighted by molar-refractivity contribution is 5.90. The fraction of sp³-hybridized carbons (Fsp3) is 0.588. The lowest BCUT2D eigenvalue weighted by Crippen LogP contribution is -2.37. The van der Waals surface area contributed by atoms with E-state index in [9.17, 15) is 4.79 Å². The number of nitrogens with zero attached hydrogens (tertiary/aromatic N) is 1. The Morgan fingerprint density at radius 3 is 2.91 bits per heavy atom. The van der Waals surface area contributed by atoms with Crippen molar-refractivity contribution in [1.82, 2.24) is 5.32 Å². The highest BCUT2D eigenvalue weighted by atomic mass is 16.3. The molecule has 122 valence electrons. The molecule has 1 aromatic carbocycles. The van der Waals surface area contributed by atoms with Gasteiger partial charge < -0.3 is 20.6 Å². The van der Waals surface area contributed by atoms with Crippen molar-refractivity contribution in [3.8, 4) is 0 Å². The number of urea groups is 1. The Labute approximate surface area is 132 Å². The number of nitrogens with one attached hydrogen (secondary N) is 2. The number of carbonyl (C=O) groups is 1. The first-order valence-corrected chi connectivity index (χ1v) is 8.15. The van der Waals surface area contributed by atoms with Crippen LogP contribution in [0, 0.1) is 6.92 Å². The summed E-state index contributed by atoms with van der Waals surface area (Å²) in [6, 6.07) is 6.55. The summed E-state index contributed by atoms with van der Waals surface area (Å²) >= 11 is 0. The van der Waals surface area contributed by atoms with Crippen LogP contribution in [0.25, 0.3) is 0 Å². The molecule has 0 aromatic heterocycles. The summed E-state index contributed by atoms with van der Waals surface area (Å²) in [6.07, 6.45) is 4.37. The maximum Gasteiger partial charge on any atom is 0.319 e. The molecule has 5 heteroatoms. The van der Waals surface area contributed by atoms with Gasteiger partial charge in [-0.25, -0.2) is 4.79 Å². The average molecular weight is 305 g/mol. The molecule has 0 aliphatic carbocycles. The Hall–Kier alpha value is -1.75. The van der Waals surface area contributed by atoms with Crippen molar-refractivity contribution in [1.29, 1.82) is 0 Å². The molecule has 3 N–H and O–H groups in total. The Kier molecular flexibility index (Phi) is 6.07. The number of aliphatic hydroxyl groups is 1. The third-order valence-electron chi connectivity index (χ3n) is 4.21. The van der Waals surface area contributed by atoms with Gasteiger partial charge in [-0.15, -0.1) is 0 Å². The monoisotopic (exact) mass is 305 g/mol. The van der Waals surface area contributed by atoms with Crippen molar-refractivity contribution in [3.63, 3.8) is 0 Å². The van der Waals surface area contributed by atoms with Crippen molar-refractivity contribution in [2.75, 3.05) is 29.9 Å². The van der Waals surface area contributed by atoms with Crippen LogP contribution in [0.15, 0.2) is 18.2 Å². The summed E-state index contributed by atoms with van der Waals surface area (Å²) in [4.78, 5) is 14.2. The van der Waals surface area contributed by atoms with Gasteiger partial charge in [0.25, 0.3) is 0 Å². The Bertz CT molecular complexity index is 505. The fourth-order valence-corrected chi connectivity index (χ4v) is 2.90. The predicted octanol–water partition coefficient (Wildman–Crippen LogP) is 2.88. The number of aryl methyl sites for hydroxylation is 1. The summed E-state index contributed by atoms with van der Waals surface area (Å²) in [6.45, 7) is 5.96. The Morgan fingerprint density at radius 1 is 1.41 bits per heavy atom. The van der Waals surface area contributed by atoms with E-state index >= 15 is 0 Å². The number of aliphatic hydroxyl groups excluding tert-OH is 1. The largest absolute Gasteiger partial charge is 0.396 e. The van der Waals surface area contributed by atoms with Gasteiger partial charge in [0.1, 0.15) is 0 Å². The van der Waals surface area contributed by atoms with Crippen LogP contribution < -0.4 is 15.5 Å². The molecule has 1 aliphatic rings. The van der Waals surface area contributed by atoms with Crippen molar-refractivity contribution in [3.05, 3.63) is 23.8 Å². The second kappa shape index (κ2) is 8.03. The molecule has 22 heavy (non-hydrogen) atoms. The van der Waals surface area contributed by atoms with Crippen molar-refractivity contribution in [2.24, 2.45) is 0 Å². The van der Waals surface area contributed by atoms with E-state index in [2.05, 4.69) is 34.6 Å². The first kappa shape index (κ1) is 16.6. The van der Waals surface area contributed by atoms with Gasteiger partial charge in [0.15, 0.2) is 0 Å². The highest BCUT2D eigenvalue weighted by Gasteiger charge is 2.19. The number of hydrogen-bond acceptors (Lipinski definition) is 3. The van der Waals surface area contributed by atoms with E-state index < -0.39 is 0 Å². The van der Waals surface area contributed by atoms with Gasteiger partial charge in [-0.1, -0.05) is 0 Å². The van der Waals surface area contributed by atoms with Crippen LogP contribution in [0.3, 0.4) is 0 Å². The van der Waals surface area contributed by atoms with Crippen LogP contribution in [0.5, 0.6) is 0 Å². The fourth-order valence-electron chi connectivity index (χ4n) is 2.90. The van der Waals surface area contributed by atoms with Crippen molar-refractivity contribution >= 4 is 17.4 Å². The minimum absolute atomic E-state index is 0.0853. The Morgan fingerprint density at radius 2 is 2.23 bits per heavy atom. The van der Waals surface area contributed by atoms with Crippen molar-refractivity contribution in [2.45, 2.75) is 45.6 Å². The summed E-state index contributed by atoms with van der Waals surface area (Å²) in [5.41, 5.74) is 3.12. The molecule has 1 fully saturated rings. The van der Waals surface area contributed by atoms with E-state index in [1.54, 1.807) is 0 Å². The molecule has 0 radical (unpaired) electrons. The van der Waals surface area contributed by atoms with Gasteiger partial charge in [0.05, 0.1) is 0 Å². The minimum atomic E-state index is -0.226. The maximum atomic E-state index is 11.8. The molecule has 1 aliphatic heterocycles. The van der Waals surface area contributed by atoms with E-state index in [4.69, 9.17) is 5.11 Å². The summed E-state index contributed by atoms with van der Waals surface area (Å²) in [5.74, 6) is 0. The molecular weight excluding hydrogens is 278 g/mol. The number of hydrogen-bond donors (Lipinski definition) is 3. The molecule has 1 aromatic rings. The molecule has 1 heterocycles. The number of anilines is 2. The topological polar surface area (TPSA) is 64.6 Å². The molecule has 0 saturated carbocycles. The van der Waals surface area contributed by atoms with E-state index in [1.165, 1.54) is 24.9 Å². The molecule has 1 unspecified atom stereocenters. The number of piperidine rings is 1. The number of rotatable bonds is 5. The predicted molar refractivity (Wildman–Crippen MR) is 90.6 cm³/mol. The van der Waals surface area contributed by atoms with E-state index in [-0.39, 0.29) is 12.6 Å². The van der Waals surface area contributed by atoms with Crippen LogP contribution in [0.1, 0.15) is 38.2 Å². The van der Waals surface area contributed by atoms with Crippen LogP contribution >= 0.6 is 0 Å². The second-order valence-electron chi connectivity index (χ2n) is 6.00. The van der Waals surface area contributed by atoms with E-state index in [0.29, 0.717) is 19.0 Å². The second-order valence-corrected chi connectivity index (χ2v) is 6.00. The zero-order chi connectivity index (χ0) is 15.9. The van der Waals surface area contributed by atoms with Crippen LogP contribution in [0.2, 0.25) is 0 Å². The minimum Gasteiger partial charge on any atom is -0.396 e. The highest BCUT2D eigenvalue weighted by Crippen LogP contribution is 2.28.